The summed E-state index contributed by atoms with van der Waals surface area (Å²) in [5.74, 6) is 0.770. The number of carbonyl (C=O) groups excluding carboxylic acids is 1. The van der Waals surface area contributed by atoms with Crippen molar-refractivity contribution in [3.8, 4) is 0 Å². The molecule has 1 unspecified atom stereocenters. The van der Waals surface area contributed by atoms with E-state index in [2.05, 4.69) is 15.3 Å². The van der Waals surface area contributed by atoms with Crippen LogP contribution in [0, 0.1) is 10.1 Å². The van der Waals surface area contributed by atoms with Crippen molar-refractivity contribution in [3.05, 3.63) is 100 Å². The van der Waals surface area contributed by atoms with Gasteiger partial charge in [-0.05, 0) is 36.2 Å². The van der Waals surface area contributed by atoms with E-state index in [0.717, 1.165) is 21.5 Å². The van der Waals surface area contributed by atoms with Gasteiger partial charge >= 0.3 is 0 Å². The molecule has 0 fully saturated rings. The number of nitrogens with one attached hydrogen (secondary N) is 2. The summed E-state index contributed by atoms with van der Waals surface area (Å²) in [7, 11) is 0. The number of carbonyl (C=O) groups is 1. The van der Waals surface area contributed by atoms with Crippen LogP contribution < -0.4 is 5.32 Å². The van der Waals surface area contributed by atoms with E-state index in [9.17, 15) is 14.9 Å². The fraction of sp³-hybridized carbons (Fsp3) is 0.130. The average molecular weight is 433 g/mol. The summed E-state index contributed by atoms with van der Waals surface area (Å²) in [5.41, 5.74) is 2.90. The summed E-state index contributed by atoms with van der Waals surface area (Å²) >= 11 is 1.33. The van der Waals surface area contributed by atoms with Gasteiger partial charge in [-0.25, -0.2) is 4.98 Å². The molecule has 156 valence electrons. The van der Waals surface area contributed by atoms with Crippen molar-refractivity contribution in [1.82, 2.24) is 15.3 Å². The van der Waals surface area contributed by atoms with Gasteiger partial charge in [0.25, 0.3) is 5.69 Å². The fourth-order valence-corrected chi connectivity index (χ4v) is 3.96. The zero-order valence-corrected chi connectivity index (χ0v) is 17.3. The molecular weight excluding hydrogens is 412 g/mol. The summed E-state index contributed by atoms with van der Waals surface area (Å²) < 4.78 is 0. The van der Waals surface area contributed by atoms with Gasteiger partial charge in [-0.2, -0.15) is 0 Å². The van der Waals surface area contributed by atoms with Crippen molar-refractivity contribution in [1.29, 1.82) is 0 Å². The number of imidazole rings is 1. The molecule has 8 heteroatoms. The van der Waals surface area contributed by atoms with E-state index in [1.54, 1.807) is 12.1 Å². The van der Waals surface area contributed by atoms with Crippen LogP contribution in [0.25, 0.3) is 11.0 Å². The first-order valence-corrected chi connectivity index (χ1v) is 10.7. The Morgan fingerprint density at radius 1 is 1.03 bits per heavy atom. The highest BCUT2D eigenvalue weighted by atomic mass is 32.2. The van der Waals surface area contributed by atoms with Crippen LogP contribution in [0.15, 0.2) is 83.8 Å². The summed E-state index contributed by atoms with van der Waals surface area (Å²) in [6.07, 6.45) is 0.606. The van der Waals surface area contributed by atoms with E-state index in [0.29, 0.717) is 12.2 Å². The Bertz CT molecular complexity index is 1160. The smallest absolute Gasteiger partial charge is 0.269 e. The van der Waals surface area contributed by atoms with Gasteiger partial charge in [-0.15, -0.1) is 11.8 Å². The molecule has 1 amide bonds. The second-order valence-corrected chi connectivity index (χ2v) is 8.04. The lowest BCUT2D eigenvalue weighted by molar-refractivity contribution is -0.384. The minimum Gasteiger partial charge on any atom is -0.345 e. The predicted octanol–water partition coefficient (Wildman–Crippen LogP) is 4.66. The zero-order valence-electron chi connectivity index (χ0n) is 16.5. The van der Waals surface area contributed by atoms with Crippen molar-refractivity contribution >= 4 is 34.4 Å². The van der Waals surface area contributed by atoms with Crippen LogP contribution >= 0.6 is 11.8 Å². The molecule has 0 saturated carbocycles. The number of amides is 1. The standard InChI is InChI=1S/C23H20N4O3S/c28-22(15-31-18-12-10-17(11-13-18)27(29)30)24-21(14-16-6-2-1-3-7-16)23-25-19-8-4-5-9-20(19)26-23/h1-13,21H,14-15H2,(H,24,28)(H,25,26). The normalized spacial score (nSPS) is 11.9. The maximum absolute atomic E-state index is 12.7. The molecule has 3 aromatic carbocycles. The summed E-state index contributed by atoms with van der Waals surface area (Å²) in [4.78, 5) is 31.8. The predicted molar refractivity (Wildman–Crippen MR) is 121 cm³/mol. The number of hydrogen-bond acceptors (Lipinski definition) is 5. The highest BCUT2D eigenvalue weighted by Gasteiger charge is 2.19. The van der Waals surface area contributed by atoms with Crippen LogP contribution in [-0.2, 0) is 11.2 Å². The number of benzene rings is 3. The van der Waals surface area contributed by atoms with E-state index in [1.165, 1.54) is 23.9 Å². The zero-order chi connectivity index (χ0) is 21.6. The lowest BCUT2D eigenvalue weighted by Crippen LogP contribution is -2.32. The highest BCUT2D eigenvalue weighted by molar-refractivity contribution is 8.00. The Morgan fingerprint density at radius 3 is 2.45 bits per heavy atom. The van der Waals surface area contributed by atoms with Crippen molar-refractivity contribution in [2.24, 2.45) is 0 Å². The topological polar surface area (TPSA) is 101 Å². The van der Waals surface area contributed by atoms with Gasteiger partial charge in [0.1, 0.15) is 5.82 Å². The quantitative estimate of drug-likeness (QED) is 0.239. The minimum atomic E-state index is -0.442. The van der Waals surface area contributed by atoms with Crippen molar-refractivity contribution in [3.63, 3.8) is 0 Å². The molecule has 31 heavy (non-hydrogen) atoms. The first kappa shape index (κ1) is 20.6. The Kier molecular flexibility index (Phi) is 6.28. The van der Waals surface area contributed by atoms with Gasteiger partial charge < -0.3 is 10.3 Å². The molecule has 0 aliphatic carbocycles. The second kappa shape index (κ2) is 9.44. The number of hydrogen-bond donors (Lipinski definition) is 2. The van der Waals surface area contributed by atoms with Gasteiger partial charge in [0.15, 0.2) is 0 Å². The molecule has 1 aromatic heterocycles. The molecule has 2 N–H and O–H groups in total. The van der Waals surface area contributed by atoms with Gasteiger partial charge in [-0.1, -0.05) is 42.5 Å². The number of para-hydroxylation sites is 2. The van der Waals surface area contributed by atoms with Crippen molar-refractivity contribution in [2.45, 2.75) is 17.4 Å². The first-order chi connectivity index (χ1) is 15.1. The molecule has 7 nitrogen and oxygen atoms in total. The maximum atomic E-state index is 12.7. The Labute approximate surface area is 183 Å². The Hall–Kier alpha value is -3.65. The van der Waals surface area contributed by atoms with Crippen molar-refractivity contribution in [2.75, 3.05) is 5.75 Å². The summed E-state index contributed by atoms with van der Waals surface area (Å²) in [5, 5.41) is 13.9. The number of fused-ring (bicyclic) bond motifs is 1. The molecule has 0 aliphatic rings. The average Bonchev–Trinajstić information content (AvgIpc) is 3.22. The number of nitro benzene ring substituents is 1. The van der Waals surface area contributed by atoms with Crippen LogP contribution in [0.4, 0.5) is 5.69 Å². The molecule has 0 radical (unpaired) electrons. The highest BCUT2D eigenvalue weighted by Crippen LogP contribution is 2.23. The van der Waals surface area contributed by atoms with Crippen LogP contribution in [0.3, 0.4) is 0 Å². The van der Waals surface area contributed by atoms with Crippen LogP contribution in [0.5, 0.6) is 0 Å². The summed E-state index contributed by atoms with van der Waals surface area (Å²) in [6, 6.07) is 23.6. The molecule has 0 bridgehead atoms. The number of aromatic amines is 1. The van der Waals surface area contributed by atoms with Crippen LogP contribution in [-0.4, -0.2) is 26.6 Å². The third-order valence-corrected chi connectivity index (χ3v) is 5.79. The fourth-order valence-electron chi connectivity index (χ4n) is 3.25. The molecule has 4 aromatic rings. The molecule has 1 atom stereocenters. The summed E-state index contributed by atoms with van der Waals surface area (Å²) in [6.45, 7) is 0. The minimum absolute atomic E-state index is 0.0293. The third kappa shape index (κ3) is 5.29. The maximum Gasteiger partial charge on any atom is 0.269 e. The van der Waals surface area contributed by atoms with E-state index >= 15 is 0 Å². The Balaban J connectivity index is 1.47. The molecule has 1 heterocycles. The molecule has 0 aliphatic heterocycles. The third-order valence-electron chi connectivity index (χ3n) is 4.77. The van der Waals surface area contributed by atoms with E-state index in [-0.39, 0.29) is 23.4 Å². The monoisotopic (exact) mass is 432 g/mol. The molecule has 4 rings (SSSR count). The lowest BCUT2D eigenvalue weighted by atomic mass is 10.1. The number of H-pyrrole nitrogens is 1. The van der Waals surface area contributed by atoms with Gasteiger partial charge in [0.05, 0.1) is 27.8 Å². The van der Waals surface area contributed by atoms with Crippen molar-refractivity contribution < 1.29 is 9.72 Å². The first-order valence-electron chi connectivity index (χ1n) is 9.73. The van der Waals surface area contributed by atoms with E-state index < -0.39 is 4.92 Å². The molecule has 0 spiro atoms. The van der Waals surface area contributed by atoms with E-state index in [4.69, 9.17) is 0 Å². The SMILES string of the molecule is O=C(CSc1ccc([N+](=O)[O-])cc1)NC(Cc1ccccc1)c1nc2ccccc2[nH]1. The number of aromatic nitrogens is 2. The number of nitro groups is 1. The lowest BCUT2D eigenvalue weighted by Gasteiger charge is -2.17. The van der Waals surface area contributed by atoms with E-state index in [1.807, 2.05) is 54.6 Å². The second-order valence-electron chi connectivity index (χ2n) is 6.99. The van der Waals surface area contributed by atoms with Gasteiger partial charge in [-0.3, -0.25) is 14.9 Å². The number of non-ortho nitro benzene ring substituents is 1. The molecular formula is C23H20N4O3S. The van der Waals surface area contributed by atoms with Crippen LogP contribution in [0.2, 0.25) is 0 Å². The molecule has 0 saturated heterocycles. The van der Waals surface area contributed by atoms with Crippen LogP contribution in [0.1, 0.15) is 17.4 Å². The van der Waals surface area contributed by atoms with Gasteiger partial charge in [0, 0.05) is 17.0 Å². The number of thioether (sulfide) groups is 1. The van der Waals surface area contributed by atoms with Gasteiger partial charge in [0.2, 0.25) is 5.91 Å². The number of nitrogens with zero attached hydrogens (tertiary/aromatic N) is 2. The Morgan fingerprint density at radius 2 is 1.74 bits per heavy atom. The largest absolute Gasteiger partial charge is 0.345 e. The number of rotatable bonds is 8.